The van der Waals surface area contributed by atoms with Crippen molar-refractivity contribution in [2.75, 3.05) is 12.5 Å². The summed E-state index contributed by atoms with van der Waals surface area (Å²) >= 11 is 0. The Bertz CT molecular complexity index is 1140. The van der Waals surface area contributed by atoms with E-state index in [4.69, 9.17) is 19.6 Å². The maximum absolute atomic E-state index is 13.0. The zero-order valence-electron chi connectivity index (χ0n) is 13.6. The molecule has 5 rings (SSSR count). The van der Waals surface area contributed by atoms with Gasteiger partial charge in [-0.3, -0.25) is 4.79 Å². The zero-order chi connectivity index (χ0) is 17.7. The first-order chi connectivity index (χ1) is 12.7. The molecular weight excluding hydrogens is 332 g/mol. The molecule has 1 aliphatic rings. The first-order valence-corrected chi connectivity index (χ1v) is 8.11. The molecular formula is C20H14N2O4. The van der Waals surface area contributed by atoms with Crippen LogP contribution in [0.1, 0.15) is 16.1 Å². The molecule has 0 unspecified atom stereocenters. The molecule has 0 bridgehead atoms. The summed E-state index contributed by atoms with van der Waals surface area (Å²) in [5, 5.41) is 0.703. The standard InChI is InChI=1S/C20H14N2O4/c21-17-13-7-6-12(22-8-1-2-9-22)10-16(13)26-20(17)18(23)14-4-3-5-15-19(14)25-11-24-15/h1-10H,11,21H2. The number of fused-ring (bicyclic) bond motifs is 2. The highest BCUT2D eigenvalue weighted by molar-refractivity contribution is 6.16. The number of nitrogen functional groups attached to an aromatic ring is 1. The maximum Gasteiger partial charge on any atom is 0.234 e. The van der Waals surface area contributed by atoms with Gasteiger partial charge in [0.15, 0.2) is 17.3 Å². The summed E-state index contributed by atoms with van der Waals surface area (Å²) in [7, 11) is 0. The monoisotopic (exact) mass is 346 g/mol. The van der Waals surface area contributed by atoms with E-state index in [9.17, 15) is 4.79 Å². The van der Waals surface area contributed by atoms with E-state index in [1.165, 1.54) is 0 Å². The van der Waals surface area contributed by atoms with E-state index in [1.807, 2.05) is 47.3 Å². The number of furan rings is 1. The Balaban J connectivity index is 1.62. The Morgan fingerprint density at radius 1 is 1.04 bits per heavy atom. The first-order valence-electron chi connectivity index (χ1n) is 8.11. The summed E-state index contributed by atoms with van der Waals surface area (Å²) in [4.78, 5) is 13.0. The topological polar surface area (TPSA) is 79.6 Å². The van der Waals surface area contributed by atoms with E-state index in [0.29, 0.717) is 33.7 Å². The molecule has 0 atom stereocenters. The Hall–Kier alpha value is -3.67. The first kappa shape index (κ1) is 14.7. The van der Waals surface area contributed by atoms with Crippen molar-refractivity contribution in [3.8, 4) is 17.2 Å². The van der Waals surface area contributed by atoms with Crippen molar-refractivity contribution in [3.05, 3.63) is 72.2 Å². The van der Waals surface area contributed by atoms with Crippen molar-refractivity contribution in [2.45, 2.75) is 0 Å². The molecule has 0 spiro atoms. The lowest BCUT2D eigenvalue weighted by Gasteiger charge is -2.03. The molecule has 0 amide bonds. The number of ketones is 1. The second kappa shape index (κ2) is 5.42. The molecule has 6 heteroatoms. The van der Waals surface area contributed by atoms with Crippen molar-refractivity contribution in [3.63, 3.8) is 0 Å². The highest BCUT2D eigenvalue weighted by Crippen LogP contribution is 2.38. The molecule has 0 radical (unpaired) electrons. The quantitative estimate of drug-likeness (QED) is 0.571. The van der Waals surface area contributed by atoms with Crippen LogP contribution in [0.25, 0.3) is 16.7 Å². The predicted octanol–water partition coefficient (Wildman–Crippen LogP) is 3.77. The molecule has 26 heavy (non-hydrogen) atoms. The Labute approximate surface area is 148 Å². The molecule has 2 aromatic carbocycles. The number of rotatable bonds is 3. The van der Waals surface area contributed by atoms with Gasteiger partial charge in [-0.05, 0) is 36.4 Å². The van der Waals surface area contributed by atoms with Crippen molar-refractivity contribution >= 4 is 22.4 Å². The van der Waals surface area contributed by atoms with Gasteiger partial charge in [0, 0.05) is 29.5 Å². The number of benzene rings is 2. The maximum atomic E-state index is 13.0. The number of para-hydroxylation sites is 1. The number of anilines is 1. The number of carbonyl (C=O) groups is 1. The number of ether oxygens (including phenoxy) is 2. The minimum Gasteiger partial charge on any atom is -0.454 e. The molecule has 0 saturated carbocycles. The van der Waals surface area contributed by atoms with Crippen LogP contribution in [0.5, 0.6) is 11.5 Å². The van der Waals surface area contributed by atoms with Gasteiger partial charge in [-0.25, -0.2) is 0 Å². The van der Waals surface area contributed by atoms with Crippen LogP contribution < -0.4 is 15.2 Å². The van der Waals surface area contributed by atoms with Crippen LogP contribution in [0.4, 0.5) is 5.69 Å². The van der Waals surface area contributed by atoms with Crippen LogP contribution in [0.3, 0.4) is 0 Å². The predicted molar refractivity (Wildman–Crippen MR) is 96.0 cm³/mol. The molecule has 6 nitrogen and oxygen atoms in total. The lowest BCUT2D eigenvalue weighted by atomic mass is 10.1. The largest absolute Gasteiger partial charge is 0.454 e. The fourth-order valence-electron chi connectivity index (χ4n) is 3.17. The number of nitrogens with zero attached hydrogens (tertiary/aromatic N) is 1. The average Bonchev–Trinajstić information content (AvgIpc) is 3.40. The van der Waals surface area contributed by atoms with Crippen LogP contribution in [0.2, 0.25) is 0 Å². The normalized spacial score (nSPS) is 12.6. The van der Waals surface area contributed by atoms with E-state index in [0.717, 1.165) is 5.69 Å². The number of aromatic nitrogens is 1. The van der Waals surface area contributed by atoms with Gasteiger partial charge in [-0.15, -0.1) is 0 Å². The van der Waals surface area contributed by atoms with E-state index in [1.54, 1.807) is 18.2 Å². The third-order valence-corrected chi connectivity index (χ3v) is 4.46. The summed E-state index contributed by atoms with van der Waals surface area (Å²) < 4.78 is 18.5. The lowest BCUT2D eigenvalue weighted by molar-refractivity contribution is 0.101. The second-order valence-electron chi connectivity index (χ2n) is 5.98. The summed E-state index contributed by atoms with van der Waals surface area (Å²) in [6.07, 6.45) is 3.87. The van der Waals surface area contributed by atoms with Crippen LogP contribution in [-0.2, 0) is 0 Å². The summed E-state index contributed by atoms with van der Waals surface area (Å²) in [5.74, 6) is 0.739. The molecule has 4 aromatic rings. The van der Waals surface area contributed by atoms with E-state index < -0.39 is 0 Å². The fourth-order valence-corrected chi connectivity index (χ4v) is 3.17. The number of hydrogen-bond acceptors (Lipinski definition) is 5. The SMILES string of the molecule is Nc1c(C(=O)c2cccc3c2OCO3)oc2cc(-n3cccc3)ccc12. The zero-order valence-corrected chi connectivity index (χ0v) is 13.6. The Morgan fingerprint density at radius 2 is 1.88 bits per heavy atom. The lowest BCUT2D eigenvalue weighted by Crippen LogP contribution is -2.04. The smallest absolute Gasteiger partial charge is 0.234 e. The van der Waals surface area contributed by atoms with Gasteiger partial charge in [0.2, 0.25) is 12.6 Å². The van der Waals surface area contributed by atoms with Crippen LogP contribution in [0.15, 0.2) is 65.3 Å². The number of carbonyl (C=O) groups excluding carboxylic acids is 1. The minimum absolute atomic E-state index is 0.0927. The van der Waals surface area contributed by atoms with Crippen LogP contribution >= 0.6 is 0 Å². The fraction of sp³-hybridized carbons (Fsp3) is 0.0500. The molecule has 2 N–H and O–H groups in total. The van der Waals surface area contributed by atoms with E-state index in [2.05, 4.69) is 0 Å². The van der Waals surface area contributed by atoms with Gasteiger partial charge in [-0.1, -0.05) is 6.07 Å². The molecule has 1 aliphatic heterocycles. The number of hydrogen-bond donors (Lipinski definition) is 1. The summed E-state index contributed by atoms with van der Waals surface area (Å²) in [5.41, 5.74) is 8.37. The van der Waals surface area contributed by atoms with Crippen molar-refractivity contribution < 1.29 is 18.7 Å². The molecule has 2 aromatic heterocycles. The molecule has 0 saturated heterocycles. The average molecular weight is 346 g/mol. The Morgan fingerprint density at radius 3 is 2.73 bits per heavy atom. The molecule has 3 heterocycles. The highest BCUT2D eigenvalue weighted by Gasteiger charge is 2.27. The summed E-state index contributed by atoms with van der Waals surface area (Å²) in [6, 6.07) is 14.7. The minimum atomic E-state index is -0.330. The van der Waals surface area contributed by atoms with Crippen molar-refractivity contribution in [2.24, 2.45) is 0 Å². The van der Waals surface area contributed by atoms with Gasteiger partial charge < -0.3 is 24.2 Å². The molecule has 128 valence electrons. The third kappa shape index (κ3) is 2.09. The van der Waals surface area contributed by atoms with Crippen LogP contribution in [0, 0.1) is 0 Å². The molecule has 0 fully saturated rings. The third-order valence-electron chi connectivity index (χ3n) is 4.46. The summed E-state index contributed by atoms with van der Waals surface area (Å²) in [6.45, 7) is 0.0927. The van der Waals surface area contributed by atoms with Gasteiger partial charge in [-0.2, -0.15) is 0 Å². The van der Waals surface area contributed by atoms with E-state index in [-0.39, 0.29) is 18.3 Å². The Kier molecular flexibility index (Phi) is 3.05. The second-order valence-corrected chi connectivity index (χ2v) is 5.98. The van der Waals surface area contributed by atoms with Gasteiger partial charge in [0.25, 0.3) is 0 Å². The van der Waals surface area contributed by atoms with Crippen molar-refractivity contribution in [1.29, 1.82) is 0 Å². The van der Waals surface area contributed by atoms with Gasteiger partial charge in [0.05, 0.1) is 11.3 Å². The van der Waals surface area contributed by atoms with E-state index >= 15 is 0 Å². The van der Waals surface area contributed by atoms with Gasteiger partial charge in [0.1, 0.15) is 5.58 Å². The highest BCUT2D eigenvalue weighted by atomic mass is 16.7. The van der Waals surface area contributed by atoms with Crippen LogP contribution in [-0.4, -0.2) is 17.1 Å². The molecule has 0 aliphatic carbocycles. The van der Waals surface area contributed by atoms with Crippen molar-refractivity contribution in [1.82, 2.24) is 4.57 Å². The van der Waals surface area contributed by atoms with Gasteiger partial charge >= 0.3 is 0 Å². The number of nitrogens with two attached hydrogens (primary N) is 1.